The highest BCUT2D eigenvalue weighted by Crippen LogP contribution is 2.32. The Balaban J connectivity index is 2.38. The van der Waals surface area contributed by atoms with Gasteiger partial charge in [-0.1, -0.05) is 30.0 Å². The van der Waals surface area contributed by atoms with Crippen molar-refractivity contribution in [2.45, 2.75) is 11.1 Å². The molecule has 0 atom stereocenters. The Morgan fingerprint density at radius 3 is 2.64 bits per heavy atom. The zero-order valence-corrected chi connectivity index (χ0v) is 15.1. The summed E-state index contributed by atoms with van der Waals surface area (Å²) in [6.45, 7) is 0. The highest BCUT2D eigenvalue weighted by atomic mass is 32.2. The number of nitrogens with one attached hydrogen (secondary N) is 2. The first kappa shape index (κ1) is 19.5. The highest BCUT2D eigenvalue weighted by molar-refractivity contribution is 8.23. The van der Waals surface area contributed by atoms with Crippen LogP contribution in [0.3, 0.4) is 0 Å². The average molecular weight is 407 g/mol. The van der Waals surface area contributed by atoms with Crippen LogP contribution in [-0.2, 0) is 16.2 Å². The summed E-state index contributed by atoms with van der Waals surface area (Å²) < 4.78 is 65.4. The minimum Gasteiger partial charge on any atom is -0.354 e. The molecule has 2 aromatic rings. The van der Waals surface area contributed by atoms with Crippen LogP contribution >= 0.6 is 24.0 Å². The molecule has 1 aromatic carbocycles. The predicted molar refractivity (Wildman–Crippen MR) is 95.4 cm³/mol. The number of sulfonamides is 1. The Bertz CT molecular complexity index is 886. The molecule has 0 bridgehead atoms. The molecule has 0 saturated heterocycles. The van der Waals surface area contributed by atoms with Crippen LogP contribution < -0.4 is 10.0 Å². The topological polar surface area (TPSA) is 71.1 Å². The number of hydrogen-bond acceptors (Lipinski definition) is 6. The number of alkyl halides is 3. The van der Waals surface area contributed by atoms with E-state index in [9.17, 15) is 21.6 Å². The fraction of sp³-hybridized carbons (Fsp3) is 0.143. The molecule has 0 fully saturated rings. The molecule has 0 spiro atoms. The van der Waals surface area contributed by atoms with E-state index in [2.05, 4.69) is 15.0 Å². The first-order chi connectivity index (χ1) is 11.6. The van der Waals surface area contributed by atoms with Gasteiger partial charge in [0.25, 0.3) is 10.0 Å². The molecular weight excluding hydrogens is 395 g/mol. The first-order valence-electron chi connectivity index (χ1n) is 6.62. The van der Waals surface area contributed by atoms with Crippen LogP contribution in [0.1, 0.15) is 5.56 Å². The Kier molecular flexibility index (Phi) is 5.91. The maximum atomic E-state index is 12.8. The zero-order valence-electron chi connectivity index (χ0n) is 12.7. The van der Waals surface area contributed by atoms with Gasteiger partial charge in [-0.3, -0.25) is 9.71 Å². The molecule has 0 aliphatic rings. The lowest BCUT2D eigenvalue weighted by Crippen LogP contribution is -2.27. The van der Waals surface area contributed by atoms with Crippen molar-refractivity contribution < 1.29 is 21.6 Å². The number of nitrogens with zero attached hydrogens (tertiary/aromatic N) is 1. The monoisotopic (exact) mass is 407 g/mol. The molecule has 0 aliphatic heterocycles. The number of aromatic nitrogens is 1. The Morgan fingerprint density at radius 2 is 2.00 bits per heavy atom. The summed E-state index contributed by atoms with van der Waals surface area (Å²) in [5.74, 6) is 0. The molecule has 1 aromatic heterocycles. The highest BCUT2D eigenvalue weighted by Gasteiger charge is 2.30. The van der Waals surface area contributed by atoms with Crippen LogP contribution in [-0.4, -0.2) is 24.0 Å². The van der Waals surface area contributed by atoms with Gasteiger partial charge in [0.1, 0.15) is 9.22 Å². The second-order valence-corrected chi connectivity index (χ2v) is 7.81. The molecule has 134 valence electrons. The molecule has 0 amide bonds. The number of pyridine rings is 1. The SMILES string of the molecule is CSC(=S)NS(=O)(=O)c1cnccc1Nc1cccc(C(F)(F)F)c1. The molecule has 5 nitrogen and oxygen atoms in total. The number of rotatable bonds is 4. The van der Waals surface area contributed by atoms with Crippen LogP contribution in [0.25, 0.3) is 0 Å². The van der Waals surface area contributed by atoms with Gasteiger partial charge in [0, 0.05) is 18.1 Å². The van der Waals surface area contributed by atoms with Crippen molar-refractivity contribution in [3.8, 4) is 0 Å². The van der Waals surface area contributed by atoms with E-state index in [1.165, 1.54) is 24.4 Å². The van der Waals surface area contributed by atoms with E-state index < -0.39 is 21.8 Å². The number of thioether (sulfide) groups is 1. The minimum absolute atomic E-state index is 0.0360. The van der Waals surface area contributed by atoms with Crippen LogP contribution in [0, 0.1) is 0 Å². The van der Waals surface area contributed by atoms with E-state index in [0.717, 1.165) is 30.1 Å². The first-order valence-corrected chi connectivity index (χ1v) is 9.74. The number of hydrogen-bond donors (Lipinski definition) is 2. The minimum atomic E-state index is -4.50. The van der Waals surface area contributed by atoms with E-state index in [0.29, 0.717) is 0 Å². The lowest BCUT2D eigenvalue weighted by Gasteiger charge is -2.14. The van der Waals surface area contributed by atoms with Crippen molar-refractivity contribution in [2.75, 3.05) is 11.6 Å². The second-order valence-electron chi connectivity index (χ2n) is 4.67. The van der Waals surface area contributed by atoms with E-state index in [1.807, 2.05) is 0 Å². The molecule has 2 N–H and O–H groups in total. The van der Waals surface area contributed by atoms with Crippen molar-refractivity contribution in [1.29, 1.82) is 0 Å². The Labute approximate surface area is 152 Å². The summed E-state index contributed by atoms with van der Waals surface area (Å²) in [6.07, 6.45) is -0.490. The third kappa shape index (κ3) is 5.06. The van der Waals surface area contributed by atoms with Gasteiger partial charge in [-0.05, 0) is 30.5 Å². The number of benzene rings is 1. The summed E-state index contributed by atoms with van der Waals surface area (Å²) in [6, 6.07) is 5.77. The lowest BCUT2D eigenvalue weighted by molar-refractivity contribution is -0.137. The predicted octanol–water partition coefficient (Wildman–Crippen LogP) is 3.77. The fourth-order valence-electron chi connectivity index (χ4n) is 1.83. The molecule has 11 heteroatoms. The maximum absolute atomic E-state index is 12.8. The van der Waals surface area contributed by atoms with E-state index in [1.54, 1.807) is 6.26 Å². The molecule has 0 unspecified atom stereocenters. The molecule has 2 rings (SSSR count). The number of anilines is 2. The largest absolute Gasteiger partial charge is 0.416 e. The molecule has 0 saturated carbocycles. The van der Waals surface area contributed by atoms with Crippen LogP contribution in [0.2, 0.25) is 0 Å². The summed E-state index contributed by atoms with van der Waals surface area (Å²) >= 11 is 5.88. The molecular formula is C14H12F3N3O2S3. The van der Waals surface area contributed by atoms with Gasteiger partial charge < -0.3 is 5.32 Å². The summed E-state index contributed by atoms with van der Waals surface area (Å²) in [5.41, 5.74) is -0.687. The molecule has 1 heterocycles. The normalized spacial score (nSPS) is 11.8. The molecule has 0 aliphatic carbocycles. The van der Waals surface area contributed by atoms with Crippen molar-refractivity contribution in [2.24, 2.45) is 0 Å². The fourth-order valence-corrected chi connectivity index (χ4v) is 3.76. The van der Waals surface area contributed by atoms with Crippen molar-refractivity contribution >= 4 is 49.7 Å². The average Bonchev–Trinajstić information content (AvgIpc) is 2.54. The summed E-state index contributed by atoms with van der Waals surface area (Å²) in [7, 11) is -4.02. The van der Waals surface area contributed by atoms with Crippen LogP contribution in [0.15, 0.2) is 47.6 Å². The smallest absolute Gasteiger partial charge is 0.354 e. The number of thiocarbonyl (C=S) groups is 1. The van der Waals surface area contributed by atoms with Gasteiger partial charge in [0.2, 0.25) is 0 Å². The third-order valence-corrected chi connectivity index (χ3v) is 5.66. The molecule has 25 heavy (non-hydrogen) atoms. The Morgan fingerprint density at radius 1 is 1.28 bits per heavy atom. The van der Waals surface area contributed by atoms with Crippen LogP contribution in [0.5, 0.6) is 0 Å². The standard InChI is InChI=1S/C14H12F3N3O2S3/c1-24-13(23)20-25(21,22)12-8-18-6-5-11(12)19-10-4-2-3-9(7-10)14(15,16)17/h2-8H,1H3,(H,18,19)(H,20,23). The van der Waals surface area contributed by atoms with Crippen LogP contribution in [0.4, 0.5) is 24.5 Å². The zero-order chi connectivity index (χ0) is 18.7. The summed E-state index contributed by atoms with van der Waals surface area (Å²) in [5, 5.41) is 2.67. The maximum Gasteiger partial charge on any atom is 0.416 e. The van der Waals surface area contributed by atoms with Gasteiger partial charge in [0.05, 0.1) is 11.3 Å². The third-order valence-electron chi connectivity index (χ3n) is 2.95. The summed E-state index contributed by atoms with van der Waals surface area (Å²) in [4.78, 5) is 3.52. The van der Waals surface area contributed by atoms with E-state index >= 15 is 0 Å². The van der Waals surface area contributed by atoms with Gasteiger partial charge in [-0.15, -0.1) is 0 Å². The van der Waals surface area contributed by atoms with Gasteiger partial charge in [-0.2, -0.15) is 13.2 Å². The number of halogens is 3. The van der Waals surface area contributed by atoms with Gasteiger partial charge in [-0.25, -0.2) is 8.42 Å². The van der Waals surface area contributed by atoms with Crippen molar-refractivity contribution in [1.82, 2.24) is 9.71 Å². The van der Waals surface area contributed by atoms with Crippen molar-refractivity contribution in [3.05, 3.63) is 48.3 Å². The van der Waals surface area contributed by atoms with E-state index in [4.69, 9.17) is 12.2 Å². The van der Waals surface area contributed by atoms with E-state index in [-0.39, 0.29) is 20.6 Å². The van der Waals surface area contributed by atoms with Crippen molar-refractivity contribution in [3.63, 3.8) is 0 Å². The van der Waals surface area contributed by atoms with Gasteiger partial charge >= 0.3 is 6.18 Å². The lowest BCUT2D eigenvalue weighted by atomic mass is 10.2. The second kappa shape index (κ2) is 7.58. The molecule has 0 radical (unpaired) electrons. The Hall–Kier alpha value is -1.85. The quantitative estimate of drug-likeness (QED) is 0.752. The van der Waals surface area contributed by atoms with Gasteiger partial charge in [0.15, 0.2) is 0 Å².